The Hall–Kier alpha value is -2.76. The van der Waals surface area contributed by atoms with E-state index < -0.39 is 11.6 Å². The minimum absolute atomic E-state index is 0.0996. The highest BCUT2D eigenvalue weighted by Gasteiger charge is 2.07. The number of nitrogens with one attached hydrogen (secondary N) is 2. The molecule has 132 valence electrons. The van der Waals surface area contributed by atoms with Crippen LogP contribution in [0.15, 0.2) is 48.5 Å². The zero-order valence-corrected chi connectivity index (χ0v) is 13.7. The highest BCUT2D eigenvalue weighted by Crippen LogP contribution is 2.10. The molecule has 6 heteroatoms. The van der Waals surface area contributed by atoms with Gasteiger partial charge in [-0.25, -0.2) is 8.78 Å². The van der Waals surface area contributed by atoms with Crippen molar-refractivity contribution in [3.05, 3.63) is 71.3 Å². The van der Waals surface area contributed by atoms with Crippen LogP contribution in [0.5, 0.6) is 0 Å². The second-order valence-electron chi connectivity index (χ2n) is 5.61. The summed E-state index contributed by atoms with van der Waals surface area (Å²) in [4.78, 5) is 23.4. The number of hydrogen-bond donors (Lipinski definition) is 2. The van der Waals surface area contributed by atoms with Crippen LogP contribution >= 0.6 is 0 Å². The van der Waals surface area contributed by atoms with Crippen molar-refractivity contribution in [1.82, 2.24) is 10.6 Å². The number of benzene rings is 2. The molecule has 0 unspecified atom stereocenters. The van der Waals surface area contributed by atoms with Crippen LogP contribution in [0.25, 0.3) is 0 Å². The Bertz CT molecular complexity index is 721. The van der Waals surface area contributed by atoms with Crippen LogP contribution in [0.1, 0.15) is 17.5 Å². The summed E-state index contributed by atoms with van der Waals surface area (Å²) in [7, 11) is 0. The average molecular weight is 346 g/mol. The fraction of sp³-hybridized carbons (Fsp3) is 0.263. The molecule has 0 saturated carbocycles. The molecule has 0 saturated heterocycles. The SMILES string of the molecule is O=C(CCc1ccc(F)c(F)c1)NCC(=O)NCCc1ccccc1. The molecule has 0 fully saturated rings. The Morgan fingerprint density at radius 2 is 1.56 bits per heavy atom. The summed E-state index contributed by atoms with van der Waals surface area (Å²) in [6, 6.07) is 13.3. The minimum atomic E-state index is -0.935. The zero-order valence-electron chi connectivity index (χ0n) is 13.7. The fourth-order valence-corrected chi connectivity index (χ4v) is 2.27. The highest BCUT2D eigenvalue weighted by atomic mass is 19.2. The van der Waals surface area contributed by atoms with E-state index in [1.807, 2.05) is 30.3 Å². The predicted molar refractivity (Wildman–Crippen MR) is 90.8 cm³/mol. The number of amides is 2. The van der Waals surface area contributed by atoms with Gasteiger partial charge in [0.25, 0.3) is 0 Å². The fourth-order valence-electron chi connectivity index (χ4n) is 2.27. The molecule has 0 spiro atoms. The summed E-state index contributed by atoms with van der Waals surface area (Å²) >= 11 is 0. The molecule has 2 amide bonds. The topological polar surface area (TPSA) is 58.2 Å². The van der Waals surface area contributed by atoms with Crippen molar-refractivity contribution < 1.29 is 18.4 Å². The molecule has 0 aliphatic heterocycles. The first-order chi connectivity index (χ1) is 12.0. The van der Waals surface area contributed by atoms with Crippen LogP contribution in [0.2, 0.25) is 0 Å². The maximum Gasteiger partial charge on any atom is 0.239 e. The lowest BCUT2D eigenvalue weighted by Gasteiger charge is -2.07. The van der Waals surface area contributed by atoms with E-state index in [4.69, 9.17) is 0 Å². The molecule has 2 aromatic carbocycles. The Morgan fingerprint density at radius 3 is 2.28 bits per heavy atom. The molecule has 2 aromatic rings. The van der Waals surface area contributed by atoms with Crippen LogP contribution in [0.3, 0.4) is 0 Å². The largest absolute Gasteiger partial charge is 0.354 e. The minimum Gasteiger partial charge on any atom is -0.354 e. The first-order valence-corrected chi connectivity index (χ1v) is 8.06. The van der Waals surface area contributed by atoms with Crippen LogP contribution < -0.4 is 10.6 Å². The van der Waals surface area contributed by atoms with E-state index in [9.17, 15) is 18.4 Å². The molecule has 2 rings (SSSR count). The van der Waals surface area contributed by atoms with Gasteiger partial charge >= 0.3 is 0 Å². The number of carbonyl (C=O) groups is 2. The van der Waals surface area contributed by atoms with Crippen molar-refractivity contribution in [2.45, 2.75) is 19.3 Å². The lowest BCUT2D eigenvalue weighted by molar-refractivity contribution is -0.126. The molecule has 25 heavy (non-hydrogen) atoms. The van der Waals surface area contributed by atoms with Crippen LogP contribution in [-0.2, 0) is 22.4 Å². The van der Waals surface area contributed by atoms with Gasteiger partial charge in [0, 0.05) is 13.0 Å². The number of carbonyl (C=O) groups excluding carboxylic acids is 2. The lowest BCUT2D eigenvalue weighted by Crippen LogP contribution is -2.37. The van der Waals surface area contributed by atoms with E-state index in [1.54, 1.807) is 0 Å². The van der Waals surface area contributed by atoms with Gasteiger partial charge in [0.1, 0.15) is 0 Å². The standard InChI is InChI=1S/C19H20F2N2O2/c20-16-8-6-15(12-17(16)21)7-9-18(24)23-13-19(25)22-11-10-14-4-2-1-3-5-14/h1-6,8,12H,7,9-11,13H2,(H,22,25)(H,23,24). The Morgan fingerprint density at radius 1 is 0.800 bits per heavy atom. The van der Waals surface area contributed by atoms with Gasteiger partial charge in [-0.1, -0.05) is 36.4 Å². The number of halogens is 2. The molecule has 0 bridgehead atoms. The van der Waals surface area contributed by atoms with E-state index in [0.29, 0.717) is 12.1 Å². The van der Waals surface area contributed by atoms with Gasteiger partial charge in [-0.2, -0.15) is 0 Å². The van der Waals surface area contributed by atoms with Crippen molar-refractivity contribution in [2.24, 2.45) is 0 Å². The van der Waals surface area contributed by atoms with Crippen LogP contribution in [0, 0.1) is 11.6 Å². The average Bonchev–Trinajstić information content (AvgIpc) is 2.62. The molecule has 0 aliphatic carbocycles. The molecule has 0 aliphatic rings. The van der Waals surface area contributed by atoms with E-state index in [1.165, 1.54) is 6.07 Å². The normalized spacial score (nSPS) is 10.3. The monoisotopic (exact) mass is 346 g/mol. The first-order valence-electron chi connectivity index (χ1n) is 8.06. The van der Waals surface area contributed by atoms with E-state index >= 15 is 0 Å². The number of rotatable bonds is 8. The van der Waals surface area contributed by atoms with Gasteiger partial charge < -0.3 is 10.6 Å². The molecule has 0 heterocycles. The summed E-state index contributed by atoms with van der Waals surface area (Å²) in [6.07, 6.45) is 1.09. The first kappa shape index (κ1) is 18.6. The second-order valence-corrected chi connectivity index (χ2v) is 5.61. The van der Waals surface area contributed by atoms with Crippen molar-refractivity contribution in [3.8, 4) is 0 Å². The van der Waals surface area contributed by atoms with Crippen LogP contribution in [-0.4, -0.2) is 24.9 Å². The van der Waals surface area contributed by atoms with Gasteiger partial charge in [-0.15, -0.1) is 0 Å². The van der Waals surface area contributed by atoms with Crippen molar-refractivity contribution in [1.29, 1.82) is 0 Å². The molecular weight excluding hydrogens is 326 g/mol. The summed E-state index contributed by atoms with van der Waals surface area (Å²) in [5, 5.41) is 5.24. The molecule has 0 atom stereocenters. The number of hydrogen-bond acceptors (Lipinski definition) is 2. The third-order valence-corrected chi connectivity index (χ3v) is 3.65. The molecule has 0 radical (unpaired) electrons. The van der Waals surface area contributed by atoms with Gasteiger partial charge in [-0.3, -0.25) is 9.59 Å². The maximum absolute atomic E-state index is 13.1. The Balaban J connectivity index is 1.62. The van der Waals surface area contributed by atoms with Gasteiger partial charge in [0.05, 0.1) is 6.54 Å². The third kappa shape index (κ3) is 6.71. The van der Waals surface area contributed by atoms with Gasteiger partial charge in [0.15, 0.2) is 11.6 Å². The van der Waals surface area contributed by atoms with Crippen molar-refractivity contribution >= 4 is 11.8 Å². The Kier molecular flexibility index (Phi) is 7.07. The third-order valence-electron chi connectivity index (χ3n) is 3.65. The molecule has 4 nitrogen and oxygen atoms in total. The lowest BCUT2D eigenvalue weighted by atomic mass is 10.1. The van der Waals surface area contributed by atoms with E-state index in [-0.39, 0.29) is 31.2 Å². The summed E-state index contributed by atoms with van der Waals surface area (Å²) in [6.45, 7) is 0.388. The molecule has 0 aromatic heterocycles. The van der Waals surface area contributed by atoms with Crippen molar-refractivity contribution in [2.75, 3.05) is 13.1 Å². The van der Waals surface area contributed by atoms with Crippen molar-refractivity contribution in [3.63, 3.8) is 0 Å². The van der Waals surface area contributed by atoms with Gasteiger partial charge in [-0.05, 0) is 36.1 Å². The number of aryl methyl sites for hydroxylation is 1. The summed E-state index contributed by atoms with van der Waals surface area (Å²) in [5.41, 5.74) is 1.65. The van der Waals surface area contributed by atoms with Crippen LogP contribution in [0.4, 0.5) is 8.78 Å². The van der Waals surface area contributed by atoms with E-state index in [2.05, 4.69) is 10.6 Å². The molecule has 2 N–H and O–H groups in total. The quantitative estimate of drug-likeness (QED) is 0.771. The second kappa shape index (κ2) is 9.52. The zero-order chi connectivity index (χ0) is 18.1. The maximum atomic E-state index is 13.1. The molecular formula is C19H20F2N2O2. The predicted octanol–water partition coefficient (Wildman–Crippen LogP) is 2.37. The highest BCUT2D eigenvalue weighted by molar-refractivity contribution is 5.84. The van der Waals surface area contributed by atoms with Gasteiger partial charge in [0.2, 0.25) is 11.8 Å². The Labute approximate surface area is 145 Å². The summed E-state index contributed by atoms with van der Waals surface area (Å²) in [5.74, 6) is -2.43. The smallest absolute Gasteiger partial charge is 0.239 e. The van der Waals surface area contributed by atoms with E-state index in [0.717, 1.165) is 24.1 Å². The summed E-state index contributed by atoms with van der Waals surface area (Å²) < 4.78 is 25.9.